The first-order valence-electron chi connectivity index (χ1n) is 6.87. The van der Waals surface area contributed by atoms with Crippen LogP contribution < -0.4 is 5.32 Å². The van der Waals surface area contributed by atoms with E-state index in [0.717, 1.165) is 19.4 Å². The molecule has 1 saturated carbocycles. The van der Waals surface area contributed by atoms with Crippen LogP contribution in [0.15, 0.2) is 0 Å². The molecule has 0 atom stereocenters. The summed E-state index contributed by atoms with van der Waals surface area (Å²) in [6, 6.07) is 1.10. The van der Waals surface area contributed by atoms with Gasteiger partial charge in [0.15, 0.2) is 0 Å². The number of amides is 1. The Kier molecular flexibility index (Phi) is 4.99. The van der Waals surface area contributed by atoms with Crippen LogP contribution in [0, 0.1) is 5.41 Å². The molecule has 1 fully saturated rings. The van der Waals surface area contributed by atoms with Crippen LogP contribution in [-0.4, -0.2) is 36.5 Å². The van der Waals surface area contributed by atoms with Crippen LogP contribution in [0.1, 0.15) is 53.4 Å². The van der Waals surface area contributed by atoms with E-state index in [-0.39, 0.29) is 11.3 Å². The average molecular weight is 240 g/mol. The molecule has 1 amide bonds. The van der Waals surface area contributed by atoms with E-state index in [1.807, 2.05) is 32.7 Å². The number of hydrogen-bond donors (Lipinski definition) is 1. The normalized spacial score (nSPS) is 25.7. The molecule has 0 aromatic rings. The third-order valence-electron chi connectivity index (χ3n) is 3.70. The fraction of sp³-hybridized carbons (Fsp3) is 0.929. The molecular weight excluding hydrogens is 212 g/mol. The predicted octanol–water partition coefficient (Wildman–Crippen LogP) is 2.41. The Morgan fingerprint density at radius 1 is 1.24 bits per heavy atom. The summed E-state index contributed by atoms with van der Waals surface area (Å²) in [6.45, 7) is 9.19. The zero-order valence-electron chi connectivity index (χ0n) is 12.0. The summed E-state index contributed by atoms with van der Waals surface area (Å²) in [5.74, 6) is 0.268. The molecule has 0 unspecified atom stereocenters. The molecule has 0 saturated heterocycles. The second kappa shape index (κ2) is 5.85. The molecule has 1 aliphatic carbocycles. The fourth-order valence-corrected chi connectivity index (χ4v) is 2.65. The third kappa shape index (κ3) is 3.98. The summed E-state index contributed by atoms with van der Waals surface area (Å²) in [6.07, 6.45) is 4.66. The van der Waals surface area contributed by atoms with E-state index in [2.05, 4.69) is 12.2 Å². The number of rotatable bonds is 3. The SMILES string of the molecule is CCNC1CCC(N(C)C(=O)C(C)(C)C)CC1. The Balaban J connectivity index is 2.46. The van der Waals surface area contributed by atoms with Gasteiger partial charge in [0.05, 0.1) is 0 Å². The number of nitrogens with one attached hydrogen (secondary N) is 1. The van der Waals surface area contributed by atoms with Gasteiger partial charge in [0.25, 0.3) is 0 Å². The van der Waals surface area contributed by atoms with E-state index < -0.39 is 0 Å². The van der Waals surface area contributed by atoms with Crippen molar-refractivity contribution >= 4 is 5.91 Å². The highest BCUT2D eigenvalue weighted by Gasteiger charge is 2.31. The van der Waals surface area contributed by atoms with Crippen LogP contribution in [0.2, 0.25) is 0 Å². The molecule has 0 aliphatic heterocycles. The van der Waals surface area contributed by atoms with Crippen LogP contribution in [-0.2, 0) is 4.79 Å². The minimum Gasteiger partial charge on any atom is -0.342 e. The molecule has 0 spiro atoms. The van der Waals surface area contributed by atoms with Gasteiger partial charge in [0, 0.05) is 24.5 Å². The van der Waals surface area contributed by atoms with Crippen molar-refractivity contribution in [3.63, 3.8) is 0 Å². The Labute approximate surface area is 106 Å². The van der Waals surface area contributed by atoms with Crippen molar-refractivity contribution < 1.29 is 4.79 Å². The summed E-state index contributed by atoms with van der Waals surface area (Å²) < 4.78 is 0. The maximum Gasteiger partial charge on any atom is 0.227 e. The smallest absolute Gasteiger partial charge is 0.227 e. The van der Waals surface area contributed by atoms with Crippen LogP contribution in [0.5, 0.6) is 0 Å². The van der Waals surface area contributed by atoms with Crippen LogP contribution in [0.3, 0.4) is 0 Å². The lowest BCUT2D eigenvalue weighted by molar-refractivity contribution is -0.140. The van der Waals surface area contributed by atoms with Gasteiger partial charge in [-0.1, -0.05) is 27.7 Å². The average Bonchev–Trinajstić information content (AvgIpc) is 2.27. The van der Waals surface area contributed by atoms with E-state index in [9.17, 15) is 4.79 Å². The maximum absolute atomic E-state index is 12.2. The first-order valence-corrected chi connectivity index (χ1v) is 6.87. The highest BCUT2D eigenvalue weighted by Crippen LogP contribution is 2.26. The van der Waals surface area contributed by atoms with Gasteiger partial charge >= 0.3 is 0 Å². The molecule has 1 N–H and O–H groups in total. The Bertz CT molecular complexity index is 249. The minimum absolute atomic E-state index is 0.257. The molecule has 100 valence electrons. The van der Waals surface area contributed by atoms with E-state index in [4.69, 9.17) is 0 Å². The van der Waals surface area contributed by atoms with Crippen molar-refractivity contribution in [1.29, 1.82) is 0 Å². The van der Waals surface area contributed by atoms with Crippen LogP contribution in [0.25, 0.3) is 0 Å². The van der Waals surface area contributed by atoms with Crippen molar-refractivity contribution in [2.45, 2.75) is 65.5 Å². The topological polar surface area (TPSA) is 32.3 Å². The monoisotopic (exact) mass is 240 g/mol. The van der Waals surface area contributed by atoms with E-state index in [0.29, 0.717) is 12.1 Å². The zero-order chi connectivity index (χ0) is 13.1. The summed E-state index contributed by atoms with van der Waals surface area (Å²) in [7, 11) is 1.96. The molecule has 0 aromatic carbocycles. The summed E-state index contributed by atoms with van der Waals surface area (Å²) in [5.41, 5.74) is -0.257. The third-order valence-corrected chi connectivity index (χ3v) is 3.70. The lowest BCUT2D eigenvalue weighted by Crippen LogP contribution is -2.46. The first-order chi connectivity index (χ1) is 7.86. The van der Waals surface area contributed by atoms with Crippen LogP contribution >= 0.6 is 0 Å². The van der Waals surface area contributed by atoms with Crippen molar-refractivity contribution in [3.8, 4) is 0 Å². The van der Waals surface area contributed by atoms with Crippen LogP contribution in [0.4, 0.5) is 0 Å². The Hall–Kier alpha value is -0.570. The molecular formula is C14H28N2O. The van der Waals surface area contributed by atoms with Gasteiger partial charge in [-0.15, -0.1) is 0 Å². The molecule has 0 aromatic heterocycles. The highest BCUT2D eigenvalue weighted by atomic mass is 16.2. The number of nitrogens with zero attached hydrogens (tertiary/aromatic N) is 1. The molecule has 0 heterocycles. The van der Waals surface area contributed by atoms with Crippen molar-refractivity contribution in [2.75, 3.05) is 13.6 Å². The van der Waals surface area contributed by atoms with E-state index >= 15 is 0 Å². The van der Waals surface area contributed by atoms with Gasteiger partial charge in [-0.05, 0) is 32.2 Å². The van der Waals surface area contributed by atoms with Gasteiger partial charge in [0.2, 0.25) is 5.91 Å². The van der Waals surface area contributed by atoms with Crippen molar-refractivity contribution in [1.82, 2.24) is 10.2 Å². The van der Waals surface area contributed by atoms with E-state index in [1.165, 1.54) is 12.8 Å². The second-order valence-corrected chi connectivity index (χ2v) is 6.23. The van der Waals surface area contributed by atoms with Crippen molar-refractivity contribution in [2.24, 2.45) is 5.41 Å². The fourth-order valence-electron chi connectivity index (χ4n) is 2.65. The first kappa shape index (κ1) is 14.5. The summed E-state index contributed by atoms with van der Waals surface area (Å²) in [5, 5.41) is 3.50. The highest BCUT2D eigenvalue weighted by molar-refractivity contribution is 5.81. The zero-order valence-corrected chi connectivity index (χ0v) is 12.0. The maximum atomic E-state index is 12.2. The van der Waals surface area contributed by atoms with Gasteiger partial charge in [-0.3, -0.25) is 4.79 Å². The number of hydrogen-bond acceptors (Lipinski definition) is 2. The minimum atomic E-state index is -0.257. The van der Waals surface area contributed by atoms with Crippen molar-refractivity contribution in [3.05, 3.63) is 0 Å². The molecule has 3 heteroatoms. The number of carbonyl (C=O) groups excluding carboxylic acids is 1. The second-order valence-electron chi connectivity index (χ2n) is 6.23. The summed E-state index contributed by atoms with van der Waals surface area (Å²) in [4.78, 5) is 14.2. The quantitative estimate of drug-likeness (QED) is 0.821. The molecule has 17 heavy (non-hydrogen) atoms. The lowest BCUT2D eigenvalue weighted by Gasteiger charge is -2.37. The Morgan fingerprint density at radius 2 is 1.76 bits per heavy atom. The Morgan fingerprint density at radius 3 is 2.18 bits per heavy atom. The van der Waals surface area contributed by atoms with Gasteiger partial charge in [-0.25, -0.2) is 0 Å². The van der Waals surface area contributed by atoms with Gasteiger partial charge < -0.3 is 10.2 Å². The molecule has 0 bridgehead atoms. The lowest BCUT2D eigenvalue weighted by atomic mass is 9.88. The molecule has 1 aliphatic rings. The molecule has 1 rings (SSSR count). The standard InChI is InChI=1S/C14H28N2O/c1-6-15-11-7-9-12(10-8-11)16(5)13(17)14(2,3)4/h11-12,15H,6-10H2,1-5H3. The van der Waals surface area contributed by atoms with Gasteiger partial charge in [-0.2, -0.15) is 0 Å². The molecule has 0 radical (unpaired) electrons. The number of carbonyl (C=O) groups is 1. The van der Waals surface area contributed by atoms with E-state index in [1.54, 1.807) is 0 Å². The molecule has 3 nitrogen and oxygen atoms in total. The largest absolute Gasteiger partial charge is 0.342 e. The predicted molar refractivity (Wildman–Crippen MR) is 71.9 cm³/mol. The summed E-state index contributed by atoms with van der Waals surface area (Å²) >= 11 is 0. The van der Waals surface area contributed by atoms with Gasteiger partial charge in [0.1, 0.15) is 0 Å².